The SMILES string of the molecule is NS(=O)(=O)c1cc2c(cc1Cl)N[C@H]([C@@H]1C[C@H]3C=C[C@H]1C3)NS2(=O)=O. The van der Waals surface area contributed by atoms with Gasteiger partial charge in [0.25, 0.3) is 0 Å². The van der Waals surface area contributed by atoms with E-state index in [4.69, 9.17) is 16.7 Å². The van der Waals surface area contributed by atoms with Gasteiger partial charge in [-0.15, -0.1) is 0 Å². The number of nitrogens with two attached hydrogens (primary N) is 1. The minimum absolute atomic E-state index is 0.104. The van der Waals surface area contributed by atoms with Crippen molar-refractivity contribution in [2.75, 3.05) is 5.32 Å². The zero-order valence-corrected chi connectivity index (χ0v) is 14.8. The first-order chi connectivity index (χ1) is 11.1. The molecule has 7 nitrogen and oxygen atoms in total. The molecule has 1 saturated carbocycles. The van der Waals surface area contributed by atoms with Gasteiger partial charge in [0.15, 0.2) is 0 Å². The predicted octanol–water partition coefficient (Wildman–Crippen LogP) is 1.23. The minimum atomic E-state index is -4.11. The number of rotatable bonds is 2. The largest absolute Gasteiger partial charge is 0.368 e. The molecular formula is C14H16ClN3O4S2. The van der Waals surface area contributed by atoms with Gasteiger partial charge in [-0.1, -0.05) is 23.8 Å². The van der Waals surface area contributed by atoms with Gasteiger partial charge in [-0.25, -0.2) is 22.0 Å². The third kappa shape index (κ3) is 2.55. The summed E-state index contributed by atoms with van der Waals surface area (Å²) in [5.74, 6) is 0.997. The number of sulfonamides is 2. The van der Waals surface area contributed by atoms with Crippen molar-refractivity contribution in [2.45, 2.75) is 28.8 Å². The second kappa shape index (κ2) is 5.18. The summed E-state index contributed by atoms with van der Waals surface area (Å²) in [7, 11) is -7.97. The number of anilines is 1. The number of primary sulfonamides is 1. The fourth-order valence-electron chi connectivity index (χ4n) is 3.92. The van der Waals surface area contributed by atoms with E-state index in [0.29, 0.717) is 17.5 Å². The van der Waals surface area contributed by atoms with Gasteiger partial charge in [-0.05, 0) is 36.8 Å². The third-order valence-electron chi connectivity index (χ3n) is 4.98. The Kier molecular flexibility index (Phi) is 3.53. The van der Waals surface area contributed by atoms with E-state index in [1.54, 1.807) is 0 Å². The van der Waals surface area contributed by atoms with Gasteiger partial charge in [0, 0.05) is 5.92 Å². The standard InChI is InChI=1S/C14H16ClN3O4S2/c15-10-5-11-13(6-12(10)23(16,19)20)24(21,22)18-14(17-11)9-4-7-1-2-8(9)3-7/h1-2,5-9,14,17-18H,3-4H2,(H2,16,19,20)/t7-,8-,9+,14-/m0/s1. The van der Waals surface area contributed by atoms with Crippen LogP contribution in [0.25, 0.3) is 0 Å². The average molecular weight is 390 g/mol. The van der Waals surface area contributed by atoms with Crippen LogP contribution in [0.3, 0.4) is 0 Å². The van der Waals surface area contributed by atoms with Crippen LogP contribution in [0.1, 0.15) is 12.8 Å². The summed E-state index contributed by atoms with van der Waals surface area (Å²) in [5, 5.41) is 8.14. The van der Waals surface area contributed by atoms with Gasteiger partial charge in [0.05, 0.1) is 16.9 Å². The van der Waals surface area contributed by atoms with Crippen LogP contribution >= 0.6 is 11.6 Å². The fraction of sp³-hybridized carbons (Fsp3) is 0.429. The Labute approximate surface area is 145 Å². The molecule has 0 saturated heterocycles. The van der Waals surface area contributed by atoms with Crippen molar-refractivity contribution >= 4 is 37.3 Å². The topological polar surface area (TPSA) is 118 Å². The molecule has 10 heteroatoms. The van der Waals surface area contributed by atoms with Crippen molar-refractivity contribution in [3.63, 3.8) is 0 Å². The summed E-state index contributed by atoms with van der Waals surface area (Å²) >= 11 is 5.98. The number of fused-ring (bicyclic) bond motifs is 3. The highest BCUT2D eigenvalue weighted by Crippen LogP contribution is 2.46. The van der Waals surface area contributed by atoms with Gasteiger partial charge < -0.3 is 5.32 Å². The van der Waals surface area contributed by atoms with Crippen LogP contribution in [0.4, 0.5) is 5.69 Å². The minimum Gasteiger partial charge on any atom is -0.368 e. The first-order valence-corrected chi connectivity index (χ1v) is 10.9. The Balaban J connectivity index is 1.76. The molecule has 1 aliphatic heterocycles. The van der Waals surface area contributed by atoms with E-state index in [9.17, 15) is 16.8 Å². The van der Waals surface area contributed by atoms with Gasteiger partial charge >= 0.3 is 0 Å². The number of hydrogen-bond donors (Lipinski definition) is 3. The Morgan fingerprint density at radius 1 is 1.21 bits per heavy atom. The van der Waals surface area contributed by atoms with Crippen molar-refractivity contribution in [3.8, 4) is 0 Å². The fourth-order valence-corrected chi connectivity index (χ4v) is 6.47. The molecule has 24 heavy (non-hydrogen) atoms. The number of hydrogen-bond acceptors (Lipinski definition) is 5. The lowest BCUT2D eigenvalue weighted by Gasteiger charge is -2.35. The van der Waals surface area contributed by atoms with Gasteiger partial charge in [0.2, 0.25) is 20.0 Å². The maximum absolute atomic E-state index is 12.6. The molecule has 130 valence electrons. The summed E-state index contributed by atoms with van der Waals surface area (Å²) in [5.41, 5.74) is 0.294. The van der Waals surface area contributed by atoms with Crippen LogP contribution in [-0.4, -0.2) is 23.0 Å². The first-order valence-electron chi connectivity index (χ1n) is 7.49. The Morgan fingerprint density at radius 2 is 1.96 bits per heavy atom. The highest BCUT2D eigenvalue weighted by molar-refractivity contribution is 7.90. The molecule has 2 aliphatic carbocycles. The molecule has 4 N–H and O–H groups in total. The molecule has 0 amide bonds. The van der Waals surface area contributed by atoms with E-state index in [1.165, 1.54) is 6.07 Å². The molecule has 0 unspecified atom stereocenters. The van der Waals surface area contributed by atoms with Crippen LogP contribution in [0.2, 0.25) is 5.02 Å². The third-order valence-corrected chi connectivity index (χ3v) is 7.84. The summed E-state index contributed by atoms with van der Waals surface area (Å²) in [4.78, 5) is -0.567. The summed E-state index contributed by atoms with van der Waals surface area (Å²) in [6.45, 7) is 0. The lowest BCUT2D eigenvalue weighted by Crippen LogP contribution is -2.50. The highest BCUT2D eigenvalue weighted by Gasteiger charge is 2.44. The Morgan fingerprint density at radius 3 is 2.54 bits per heavy atom. The quantitative estimate of drug-likeness (QED) is 0.657. The van der Waals surface area contributed by atoms with Crippen molar-refractivity contribution in [2.24, 2.45) is 22.9 Å². The van der Waals surface area contributed by atoms with Crippen molar-refractivity contribution in [1.82, 2.24) is 4.72 Å². The second-order valence-corrected chi connectivity index (χ2v) is 10.1. The van der Waals surface area contributed by atoms with E-state index in [2.05, 4.69) is 22.2 Å². The molecule has 1 fully saturated rings. The highest BCUT2D eigenvalue weighted by atomic mass is 35.5. The van der Waals surface area contributed by atoms with Crippen molar-refractivity contribution in [1.29, 1.82) is 0 Å². The van der Waals surface area contributed by atoms with Crippen LogP contribution in [0, 0.1) is 17.8 Å². The van der Waals surface area contributed by atoms with Crippen molar-refractivity contribution in [3.05, 3.63) is 29.3 Å². The maximum Gasteiger partial charge on any atom is 0.244 e. The van der Waals surface area contributed by atoms with Crippen LogP contribution in [-0.2, 0) is 20.0 Å². The van der Waals surface area contributed by atoms with Gasteiger partial charge in [-0.3, -0.25) is 0 Å². The summed E-state index contributed by atoms with van der Waals surface area (Å²) in [6.07, 6.45) is 5.84. The van der Waals surface area contributed by atoms with E-state index in [1.807, 2.05) is 0 Å². The average Bonchev–Trinajstić information content (AvgIpc) is 3.06. The molecule has 0 aromatic heterocycles. The normalized spacial score (nSPS) is 33.2. The molecular weight excluding hydrogens is 374 g/mol. The Bertz CT molecular complexity index is 958. The van der Waals surface area contributed by atoms with E-state index >= 15 is 0 Å². The summed E-state index contributed by atoms with van der Waals surface area (Å²) in [6, 6.07) is 2.31. The molecule has 2 bridgehead atoms. The van der Waals surface area contributed by atoms with Crippen LogP contribution < -0.4 is 15.2 Å². The molecule has 1 aromatic carbocycles. The molecule has 4 atom stereocenters. The van der Waals surface area contributed by atoms with E-state index < -0.39 is 31.1 Å². The second-order valence-electron chi connectivity index (χ2n) is 6.51. The Hall–Kier alpha value is -1.13. The lowest BCUT2D eigenvalue weighted by molar-refractivity contribution is 0.363. The molecule has 4 rings (SSSR count). The zero-order chi connectivity index (χ0) is 17.3. The monoisotopic (exact) mass is 389 g/mol. The number of benzene rings is 1. The smallest absolute Gasteiger partial charge is 0.244 e. The van der Waals surface area contributed by atoms with Crippen LogP contribution in [0.5, 0.6) is 0 Å². The molecule has 1 aromatic rings. The first kappa shape index (κ1) is 16.3. The van der Waals surface area contributed by atoms with E-state index in [0.717, 1.165) is 18.9 Å². The number of nitrogens with one attached hydrogen (secondary N) is 2. The maximum atomic E-state index is 12.6. The lowest BCUT2D eigenvalue weighted by atomic mass is 9.91. The van der Waals surface area contributed by atoms with Crippen molar-refractivity contribution < 1.29 is 16.8 Å². The van der Waals surface area contributed by atoms with Gasteiger partial charge in [-0.2, -0.15) is 4.72 Å². The van der Waals surface area contributed by atoms with Gasteiger partial charge in [0.1, 0.15) is 9.79 Å². The van der Waals surface area contributed by atoms with Crippen LogP contribution in [0.15, 0.2) is 34.1 Å². The number of halogens is 1. The molecule has 3 aliphatic rings. The predicted molar refractivity (Wildman–Crippen MR) is 89.4 cm³/mol. The number of allylic oxidation sites excluding steroid dienone is 2. The summed E-state index contributed by atoms with van der Waals surface area (Å²) < 4.78 is 50.9. The molecule has 0 spiro atoms. The zero-order valence-electron chi connectivity index (χ0n) is 12.4. The molecule has 0 radical (unpaired) electrons. The van der Waals surface area contributed by atoms with E-state index in [-0.39, 0.29) is 15.8 Å². The molecule has 1 heterocycles.